The van der Waals surface area contributed by atoms with Crippen molar-refractivity contribution >= 4 is 5.91 Å². The molecule has 0 spiro atoms. The van der Waals surface area contributed by atoms with Gasteiger partial charge in [0.1, 0.15) is 0 Å². The molecule has 5 heteroatoms. The number of rotatable bonds is 1. The summed E-state index contributed by atoms with van der Waals surface area (Å²) in [7, 11) is 0. The van der Waals surface area contributed by atoms with E-state index in [1.54, 1.807) is 0 Å². The van der Waals surface area contributed by atoms with E-state index < -0.39 is 17.5 Å². The summed E-state index contributed by atoms with van der Waals surface area (Å²) in [6, 6.07) is 3.65. The van der Waals surface area contributed by atoms with Crippen molar-refractivity contribution in [2.24, 2.45) is 0 Å². The standard InChI is InChI=1S/C11H12F2N2O/c12-9-3-1-2-8(10(9)13)11(16)15-6-4-14-5-7-15/h1-3,14H,4-7H2. The maximum absolute atomic E-state index is 13.4. The van der Waals surface area contributed by atoms with Gasteiger partial charge in [-0.25, -0.2) is 8.78 Å². The minimum atomic E-state index is -1.06. The van der Waals surface area contributed by atoms with E-state index >= 15 is 0 Å². The Bertz CT molecular complexity index is 403. The summed E-state index contributed by atoms with van der Waals surface area (Å²) >= 11 is 0. The van der Waals surface area contributed by atoms with Crippen LogP contribution in [0.15, 0.2) is 18.2 Å². The van der Waals surface area contributed by atoms with Crippen LogP contribution in [0.1, 0.15) is 10.4 Å². The number of piperazine rings is 1. The van der Waals surface area contributed by atoms with E-state index in [0.717, 1.165) is 6.07 Å². The first-order valence-corrected chi connectivity index (χ1v) is 5.14. The Morgan fingerprint density at radius 3 is 2.62 bits per heavy atom. The first kappa shape index (κ1) is 11.0. The van der Waals surface area contributed by atoms with E-state index in [9.17, 15) is 13.6 Å². The minimum absolute atomic E-state index is 0.193. The predicted octanol–water partition coefficient (Wildman–Crippen LogP) is 1.01. The molecule has 1 N–H and O–H groups in total. The van der Waals surface area contributed by atoms with Crippen molar-refractivity contribution in [3.05, 3.63) is 35.4 Å². The van der Waals surface area contributed by atoms with Crippen molar-refractivity contribution in [2.75, 3.05) is 26.2 Å². The molecular weight excluding hydrogens is 214 g/mol. The summed E-state index contributed by atoms with van der Waals surface area (Å²) in [5, 5.41) is 3.09. The van der Waals surface area contributed by atoms with Gasteiger partial charge < -0.3 is 10.2 Å². The van der Waals surface area contributed by atoms with Gasteiger partial charge in [-0.3, -0.25) is 4.79 Å². The van der Waals surface area contributed by atoms with E-state index in [1.807, 2.05) is 0 Å². The van der Waals surface area contributed by atoms with Crippen molar-refractivity contribution in [2.45, 2.75) is 0 Å². The predicted molar refractivity (Wildman–Crippen MR) is 55.1 cm³/mol. The van der Waals surface area contributed by atoms with Gasteiger partial charge in [-0.1, -0.05) is 6.07 Å². The average molecular weight is 226 g/mol. The number of nitrogens with zero attached hydrogens (tertiary/aromatic N) is 1. The van der Waals surface area contributed by atoms with E-state index in [0.29, 0.717) is 26.2 Å². The van der Waals surface area contributed by atoms with Crippen LogP contribution in [-0.2, 0) is 0 Å². The maximum atomic E-state index is 13.4. The Morgan fingerprint density at radius 1 is 1.25 bits per heavy atom. The number of carbonyl (C=O) groups excluding carboxylic acids is 1. The van der Waals surface area contributed by atoms with E-state index in [4.69, 9.17) is 0 Å². The Hall–Kier alpha value is -1.49. The van der Waals surface area contributed by atoms with Crippen LogP contribution in [0.5, 0.6) is 0 Å². The lowest BCUT2D eigenvalue weighted by Crippen LogP contribution is -2.46. The summed E-state index contributed by atoms with van der Waals surface area (Å²) in [5.41, 5.74) is -0.193. The van der Waals surface area contributed by atoms with Crippen LogP contribution in [0.3, 0.4) is 0 Å². The molecule has 16 heavy (non-hydrogen) atoms. The average Bonchev–Trinajstić information content (AvgIpc) is 2.33. The molecule has 1 saturated heterocycles. The molecule has 0 aromatic heterocycles. The van der Waals surface area contributed by atoms with E-state index in [1.165, 1.54) is 17.0 Å². The molecule has 0 radical (unpaired) electrons. The molecule has 3 nitrogen and oxygen atoms in total. The lowest BCUT2D eigenvalue weighted by molar-refractivity contribution is 0.0730. The third-order valence-electron chi connectivity index (χ3n) is 2.59. The second-order valence-electron chi connectivity index (χ2n) is 3.64. The minimum Gasteiger partial charge on any atom is -0.336 e. The fourth-order valence-electron chi connectivity index (χ4n) is 1.71. The van der Waals surface area contributed by atoms with E-state index in [2.05, 4.69) is 5.32 Å². The second kappa shape index (κ2) is 4.57. The molecule has 1 aliphatic heterocycles. The highest BCUT2D eigenvalue weighted by Crippen LogP contribution is 2.14. The molecule has 0 atom stereocenters. The van der Waals surface area contributed by atoms with Gasteiger partial charge in [-0.2, -0.15) is 0 Å². The molecule has 0 aliphatic carbocycles. The number of amides is 1. The first-order valence-electron chi connectivity index (χ1n) is 5.14. The summed E-state index contributed by atoms with van der Waals surface area (Å²) in [5.74, 6) is -2.49. The summed E-state index contributed by atoms with van der Waals surface area (Å²) in [6.45, 7) is 2.41. The number of carbonyl (C=O) groups is 1. The second-order valence-corrected chi connectivity index (χ2v) is 3.64. The molecule has 1 aliphatic rings. The van der Waals surface area contributed by atoms with Gasteiger partial charge in [0.25, 0.3) is 5.91 Å². The van der Waals surface area contributed by atoms with Crippen LogP contribution in [0, 0.1) is 11.6 Å². The molecule has 1 heterocycles. The van der Waals surface area contributed by atoms with Crippen LogP contribution in [0.2, 0.25) is 0 Å². The third kappa shape index (κ3) is 2.04. The number of nitrogens with one attached hydrogen (secondary N) is 1. The molecule has 2 rings (SSSR count). The van der Waals surface area contributed by atoms with Crippen molar-refractivity contribution in [1.82, 2.24) is 10.2 Å². The zero-order valence-corrected chi connectivity index (χ0v) is 8.67. The number of hydrogen-bond donors (Lipinski definition) is 1. The van der Waals surface area contributed by atoms with Gasteiger partial charge in [0, 0.05) is 26.2 Å². The quantitative estimate of drug-likeness (QED) is 0.775. The molecule has 0 saturated carbocycles. The molecule has 0 unspecified atom stereocenters. The molecule has 1 amide bonds. The van der Waals surface area contributed by atoms with Crippen LogP contribution in [-0.4, -0.2) is 37.0 Å². The highest BCUT2D eigenvalue weighted by molar-refractivity contribution is 5.94. The Labute approximate surface area is 92.1 Å². The highest BCUT2D eigenvalue weighted by atomic mass is 19.2. The van der Waals surface area contributed by atoms with Gasteiger partial charge in [-0.05, 0) is 12.1 Å². The zero-order valence-electron chi connectivity index (χ0n) is 8.67. The van der Waals surface area contributed by atoms with Crippen LogP contribution >= 0.6 is 0 Å². The van der Waals surface area contributed by atoms with E-state index in [-0.39, 0.29) is 5.56 Å². The number of halogens is 2. The lowest BCUT2D eigenvalue weighted by Gasteiger charge is -2.27. The highest BCUT2D eigenvalue weighted by Gasteiger charge is 2.22. The molecule has 1 aromatic carbocycles. The first-order chi connectivity index (χ1) is 7.70. The molecule has 1 aromatic rings. The van der Waals surface area contributed by atoms with Crippen LogP contribution < -0.4 is 5.32 Å². The topological polar surface area (TPSA) is 32.3 Å². The monoisotopic (exact) mass is 226 g/mol. The summed E-state index contributed by atoms with van der Waals surface area (Å²) in [6.07, 6.45) is 0. The van der Waals surface area contributed by atoms with Crippen molar-refractivity contribution in [1.29, 1.82) is 0 Å². The lowest BCUT2D eigenvalue weighted by atomic mass is 10.1. The Balaban J connectivity index is 2.22. The van der Waals surface area contributed by atoms with Gasteiger partial charge in [0.05, 0.1) is 5.56 Å². The van der Waals surface area contributed by atoms with Crippen molar-refractivity contribution in [3.63, 3.8) is 0 Å². The van der Waals surface area contributed by atoms with Crippen molar-refractivity contribution in [3.8, 4) is 0 Å². The fraction of sp³-hybridized carbons (Fsp3) is 0.364. The van der Waals surface area contributed by atoms with Crippen LogP contribution in [0.25, 0.3) is 0 Å². The fourth-order valence-corrected chi connectivity index (χ4v) is 1.71. The van der Waals surface area contributed by atoms with Crippen molar-refractivity contribution < 1.29 is 13.6 Å². The zero-order chi connectivity index (χ0) is 11.5. The smallest absolute Gasteiger partial charge is 0.257 e. The Kier molecular flexibility index (Phi) is 3.14. The summed E-state index contributed by atoms with van der Waals surface area (Å²) in [4.78, 5) is 13.4. The molecule has 1 fully saturated rings. The van der Waals surface area contributed by atoms with Gasteiger partial charge in [0.15, 0.2) is 11.6 Å². The molecule has 86 valence electrons. The van der Waals surface area contributed by atoms with Gasteiger partial charge in [-0.15, -0.1) is 0 Å². The Morgan fingerprint density at radius 2 is 1.94 bits per heavy atom. The van der Waals surface area contributed by atoms with Gasteiger partial charge in [0.2, 0.25) is 0 Å². The normalized spacial score (nSPS) is 16.2. The SMILES string of the molecule is O=C(c1cccc(F)c1F)N1CCNCC1. The largest absolute Gasteiger partial charge is 0.336 e. The number of hydrogen-bond acceptors (Lipinski definition) is 2. The molecular formula is C11H12F2N2O. The number of benzene rings is 1. The third-order valence-corrected chi connectivity index (χ3v) is 2.59. The summed E-state index contributed by atoms with van der Waals surface area (Å²) < 4.78 is 26.3. The maximum Gasteiger partial charge on any atom is 0.257 e. The molecule has 0 bridgehead atoms. The van der Waals surface area contributed by atoms with Crippen LogP contribution in [0.4, 0.5) is 8.78 Å². The van der Waals surface area contributed by atoms with Gasteiger partial charge >= 0.3 is 0 Å².